The Kier molecular flexibility index (Phi) is 6.87. The number of anilines is 1. The molecule has 0 saturated carbocycles. The molecule has 5 nitrogen and oxygen atoms in total. The van der Waals surface area contributed by atoms with Crippen LogP contribution in [0.5, 0.6) is 5.75 Å². The molecule has 9 heteroatoms. The molecular formula is C22H17Cl2N3O2S2. The van der Waals surface area contributed by atoms with Crippen molar-refractivity contribution in [3.05, 3.63) is 91.8 Å². The van der Waals surface area contributed by atoms with Crippen molar-refractivity contribution in [2.75, 3.05) is 11.4 Å². The first-order valence-corrected chi connectivity index (χ1v) is 11.8. The van der Waals surface area contributed by atoms with Gasteiger partial charge in [0.15, 0.2) is 0 Å². The van der Waals surface area contributed by atoms with E-state index in [1.807, 2.05) is 40.2 Å². The Morgan fingerprint density at radius 2 is 2.10 bits per heavy atom. The number of benzene rings is 1. The van der Waals surface area contributed by atoms with Crippen LogP contribution in [0.15, 0.2) is 65.8 Å². The number of amides is 1. The zero-order valence-corrected chi connectivity index (χ0v) is 19.2. The molecule has 2 aromatic heterocycles. The van der Waals surface area contributed by atoms with Crippen LogP contribution in [-0.2, 0) is 6.42 Å². The third-order valence-electron chi connectivity index (χ3n) is 4.53. The van der Waals surface area contributed by atoms with Crippen LogP contribution < -0.4 is 10.2 Å². The number of phenols is 1. The Morgan fingerprint density at radius 3 is 2.87 bits per heavy atom. The van der Waals surface area contributed by atoms with Gasteiger partial charge in [-0.3, -0.25) is 4.79 Å². The first-order chi connectivity index (χ1) is 15.0. The predicted octanol–water partition coefficient (Wildman–Crippen LogP) is 6.15. The molecule has 0 radical (unpaired) electrons. The lowest BCUT2D eigenvalue weighted by Gasteiger charge is -2.21. The SMILES string of the molecule is O=C(NCCc1ccsc1Cl)c1cc(N2C=CSC(c3cccc(O)c3)=C2)ncc1Cl. The first kappa shape index (κ1) is 21.8. The van der Waals surface area contributed by atoms with Gasteiger partial charge in [0.05, 0.1) is 14.9 Å². The highest BCUT2D eigenvalue weighted by atomic mass is 35.5. The van der Waals surface area contributed by atoms with Crippen molar-refractivity contribution in [2.24, 2.45) is 0 Å². The summed E-state index contributed by atoms with van der Waals surface area (Å²) in [4.78, 5) is 19.8. The van der Waals surface area contributed by atoms with Gasteiger partial charge >= 0.3 is 0 Å². The van der Waals surface area contributed by atoms with Crippen LogP contribution in [0.4, 0.5) is 5.82 Å². The molecule has 3 heterocycles. The van der Waals surface area contributed by atoms with Crippen molar-refractivity contribution >= 4 is 62.9 Å². The predicted molar refractivity (Wildman–Crippen MR) is 130 cm³/mol. The molecule has 3 aromatic rings. The molecule has 0 aliphatic carbocycles. The summed E-state index contributed by atoms with van der Waals surface area (Å²) >= 11 is 15.4. The maximum Gasteiger partial charge on any atom is 0.253 e. The molecule has 0 unspecified atom stereocenters. The van der Waals surface area contributed by atoms with E-state index >= 15 is 0 Å². The highest BCUT2D eigenvalue weighted by molar-refractivity contribution is 8.11. The average Bonchev–Trinajstić information content (AvgIpc) is 3.19. The minimum absolute atomic E-state index is 0.201. The van der Waals surface area contributed by atoms with Crippen molar-refractivity contribution in [1.82, 2.24) is 10.3 Å². The number of hydrogen-bond acceptors (Lipinski definition) is 6. The van der Waals surface area contributed by atoms with E-state index in [0.717, 1.165) is 20.4 Å². The fourth-order valence-electron chi connectivity index (χ4n) is 2.96. The summed E-state index contributed by atoms with van der Waals surface area (Å²) in [6.45, 7) is 0.449. The zero-order chi connectivity index (χ0) is 21.8. The lowest BCUT2D eigenvalue weighted by Crippen LogP contribution is -2.26. The number of nitrogens with one attached hydrogen (secondary N) is 1. The van der Waals surface area contributed by atoms with E-state index in [4.69, 9.17) is 23.2 Å². The average molecular weight is 490 g/mol. The molecular weight excluding hydrogens is 473 g/mol. The molecule has 1 aliphatic rings. The lowest BCUT2D eigenvalue weighted by molar-refractivity contribution is 0.0954. The van der Waals surface area contributed by atoms with E-state index in [9.17, 15) is 9.90 Å². The number of pyridine rings is 1. The second kappa shape index (κ2) is 9.78. The number of rotatable bonds is 6. The van der Waals surface area contributed by atoms with Gasteiger partial charge in [0.2, 0.25) is 0 Å². The van der Waals surface area contributed by atoms with Crippen LogP contribution in [-0.4, -0.2) is 22.5 Å². The quantitative estimate of drug-likeness (QED) is 0.434. The van der Waals surface area contributed by atoms with E-state index < -0.39 is 0 Å². The number of halogens is 2. The summed E-state index contributed by atoms with van der Waals surface area (Å²) in [6.07, 6.45) is 5.87. The molecule has 4 rings (SSSR count). The smallest absolute Gasteiger partial charge is 0.253 e. The zero-order valence-electron chi connectivity index (χ0n) is 16.1. The Balaban J connectivity index is 1.50. The maximum atomic E-state index is 12.7. The molecule has 2 N–H and O–H groups in total. The fraction of sp³-hybridized carbons (Fsp3) is 0.0909. The third-order valence-corrected chi connectivity index (χ3v) is 6.93. The minimum atomic E-state index is -0.271. The fourth-order valence-corrected chi connectivity index (χ4v) is 4.91. The largest absolute Gasteiger partial charge is 0.508 e. The second-order valence-electron chi connectivity index (χ2n) is 6.60. The normalized spacial score (nSPS) is 13.2. The number of hydrogen-bond donors (Lipinski definition) is 2. The summed E-state index contributed by atoms with van der Waals surface area (Å²) in [7, 11) is 0. The molecule has 0 spiro atoms. The summed E-state index contributed by atoms with van der Waals surface area (Å²) in [5.41, 5.74) is 2.24. The van der Waals surface area contributed by atoms with E-state index in [1.54, 1.807) is 24.3 Å². The summed E-state index contributed by atoms with van der Waals surface area (Å²) in [5, 5.41) is 16.8. The van der Waals surface area contributed by atoms with Crippen LogP contribution in [0, 0.1) is 0 Å². The van der Waals surface area contributed by atoms with Crippen molar-refractivity contribution in [2.45, 2.75) is 6.42 Å². The minimum Gasteiger partial charge on any atom is -0.508 e. The maximum absolute atomic E-state index is 12.7. The van der Waals surface area contributed by atoms with Gasteiger partial charge in [-0.2, -0.15) is 0 Å². The molecule has 1 aromatic carbocycles. The molecule has 0 fully saturated rings. The number of phenolic OH excluding ortho intramolecular Hbond substituents is 1. The van der Waals surface area contributed by atoms with E-state index in [0.29, 0.717) is 24.3 Å². The molecule has 31 heavy (non-hydrogen) atoms. The molecule has 1 aliphatic heterocycles. The standard InChI is InChI=1S/C22H17Cl2N3O2S2/c23-18-12-26-20(11-17(18)22(29)25-6-4-14-5-8-31-21(14)24)27-7-9-30-19(13-27)15-2-1-3-16(28)10-15/h1-3,5,7-13,28H,4,6H2,(H,25,29). The van der Waals surface area contributed by atoms with Gasteiger partial charge in [-0.25, -0.2) is 4.98 Å². The van der Waals surface area contributed by atoms with Gasteiger partial charge in [0.25, 0.3) is 5.91 Å². The molecule has 0 atom stereocenters. The summed E-state index contributed by atoms with van der Waals surface area (Å²) in [6, 6.07) is 10.7. The van der Waals surface area contributed by atoms with E-state index in [1.165, 1.54) is 29.3 Å². The van der Waals surface area contributed by atoms with E-state index in [-0.39, 0.29) is 16.7 Å². The van der Waals surface area contributed by atoms with Crippen molar-refractivity contribution < 1.29 is 9.90 Å². The Hall–Kier alpha value is -2.45. The second-order valence-corrected chi connectivity index (χ2v) is 9.47. The highest BCUT2D eigenvalue weighted by Crippen LogP contribution is 2.35. The Morgan fingerprint density at radius 1 is 1.23 bits per heavy atom. The summed E-state index contributed by atoms with van der Waals surface area (Å²) in [5.74, 6) is 0.490. The summed E-state index contributed by atoms with van der Waals surface area (Å²) < 4.78 is 0.738. The van der Waals surface area contributed by atoms with Gasteiger partial charge in [-0.05, 0) is 52.6 Å². The molecule has 0 saturated heterocycles. The van der Waals surface area contributed by atoms with E-state index in [2.05, 4.69) is 10.3 Å². The highest BCUT2D eigenvalue weighted by Gasteiger charge is 2.16. The van der Waals surface area contributed by atoms with Gasteiger partial charge in [-0.15, -0.1) is 11.3 Å². The van der Waals surface area contributed by atoms with Crippen molar-refractivity contribution in [1.29, 1.82) is 0 Å². The van der Waals surface area contributed by atoms with Crippen LogP contribution in [0.25, 0.3) is 4.91 Å². The van der Waals surface area contributed by atoms with Crippen molar-refractivity contribution in [3.8, 4) is 5.75 Å². The Labute approximate surface area is 198 Å². The van der Waals surface area contributed by atoms with Crippen LogP contribution in [0.2, 0.25) is 9.36 Å². The number of nitrogens with zero attached hydrogens (tertiary/aromatic N) is 2. The lowest BCUT2D eigenvalue weighted by atomic mass is 10.2. The number of thioether (sulfide) groups is 1. The number of thiophene rings is 1. The third kappa shape index (κ3) is 5.25. The molecule has 158 valence electrons. The van der Waals surface area contributed by atoms with Crippen LogP contribution in [0.1, 0.15) is 21.5 Å². The first-order valence-electron chi connectivity index (χ1n) is 9.30. The van der Waals surface area contributed by atoms with Gasteiger partial charge in [0.1, 0.15) is 11.6 Å². The number of carbonyl (C=O) groups is 1. The molecule has 1 amide bonds. The van der Waals surface area contributed by atoms with Gasteiger partial charge in [0, 0.05) is 30.0 Å². The monoisotopic (exact) mass is 489 g/mol. The van der Waals surface area contributed by atoms with Gasteiger partial charge in [-0.1, -0.05) is 47.1 Å². The van der Waals surface area contributed by atoms with Gasteiger partial charge < -0.3 is 15.3 Å². The number of aromatic nitrogens is 1. The van der Waals surface area contributed by atoms with Crippen molar-refractivity contribution in [3.63, 3.8) is 0 Å². The van der Waals surface area contributed by atoms with Crippen LogP contribution in [0.3, 0.4) is 0 Å². The van der Waals surface area contributed by atoms with Crippen LogP contribution >= 0.6 is 46.3 Å². The topological polar surface area (TPSA) is 65.5 Å². The number of aromatic hydroxyl groups is 1. The number of carbonyl (C=O) groups excluding carboxylic acids is 1. The molecule has 0 bridgehead atoms. The Bertz CT molecular complexity index is 1180.